The predicted octanol–water partition coefficient (Wildman–Crippen LogP) is 1.96. The van der Waals surface area contributed by atoms with Crippen molar-refractivity contribution in [3.63, 3.8) is 0 Å². The predicted molar refractivity (Wildman–Crippen MR) is 70.1 cm³/mol. The lowest BCUT2D eigenvalue weighted by atomic mass is 10.2. The molecule has 0 amide bonds. The van der Waals surface area contributed by atoms with Crippen LogP contribution in [0.3, 0.4) is 0 Å². The Morgan fingerprint density at radius 2 is 2.05 bits per heavy atom. The van der Waals surface area contributed by atoms with Crippen LogP contribution in [-0.2, 0) is 6.54 Å². The van der Waals surface area contributed by atoms with E-state index in [1.165, 1.54) is 10.6 Å². The first-order valence-corrected chi connectivity index (χ1v) is 5.86. The zero-order valence-corrected chi connectivity index (χ0v) is 11.0. The van der Waals surface area contributed by atoms with Crippen molar-refractivity contribution >= 4 is 5.69 Å². The summed E-state index contributed by atoms with van der Waals surface area (Å²) in [6, 6.07) is 5.31. The van der Waals surface area contributed by atoms with Crippen LogP contribution in [0.25, 0.3) is 0 Å². The number of halogens is 1. The minimum Gasteiger partial charge on any atom is -0.292 e. The molecule has 0 aliphatic heterocycles. The molecule has 0 atom stereocenters. The highest BCUT2D eigenvalue weighted by molar-refractivity contribution is 5.35. The van der Waals surface area contributed by atoms with Gasteiger partial charge in [0.1, 0.15) is 0 Å². The van der Waals surface area contributed by atoms with Gasteiger partial charge in [-0.1, -0.05) is 6.07 Å². The second kappa shape index (κ2) is 5.20. The average molecular weight is 277 g/mol. The van der Waals surface area contributed by atoms with Crippen molar-refractivity contribution in [1.82, 2.24) is 9.55 Å². The Kier molecular flexibility index (Phi) is 3.60. The van der Waals surface area contributed by atoms with Gasteiger partial charge in [-0.3, -0.25) is 14.7 Å². The molecule has 2 rings (SSSR count). The Morgan fingerprint density at radius 1 is 1.35 bits per heavy atom. The molecule has 1 aromatic heterocycles. The summed E-state index contributed by atoms with van der Waals surface area (Å²) in [5, 5.41) is 10.5. The van der Waals surface area contributed by atoms with Crippen molar-refractivity contribution in [2.75, 3.05) is 0 Å². The minimum absolute atomic E-state index is 0.118. The molecule has 0 N–H and O–H groups in total. The monoisotopic (exact) mass is 277 g/mol. The Labute approximate surface area is 113 Å². The van der Waals surface area contributed by atoms with Crippen LogP contribution in [0.15, 0.2) is 29.1 Å². The minimum atomic E-state index is -0.918. The van der Waals surface area contributed by atoms with Gasteiger partial charge < -0.3 is 0 Å². The van der Waals surface area contributed by atoms with E-state index < -0.39 is 22.1 Å². The third-order valence-corrected chi connectivity index (χ3v) is 2.90. The second-order valence-electron chi connectivity index (χ2n) is 4.45. The molecule has 7 heteroatoms. The normalized spacial score (nSPS) is 10.6. The first kappa shape index (κ1) is 13.9. The van der Waals surface area contributed by atoms with Gasteiger partial charge in [0.15, 0.2) is 0 Å². The fraction of sp³-hybridized carbons (Fsp3) is 0.231. The summed E-state index contributed by atoms with van der Waals surface area (Å²) in [6.07, 6.45) is 0. The van der Waals surface area contributed by atoms with Gasteiger partial charge in [0.2, 0.25) is 5.82 Å². The fourth-order valence-corrected chi connectivity index (χ4v) is 1.95. The number of nitrogens with zero attached hydrogens (tertiary/aromatic N) is 3. The average Bonchev–Trinajstić information content (AvgIpc) is 2.33. The van der Waals surface area contributed by atoms with Crippen LogP contribution in [-0.4, -0.2) is 14.5 Å². The molecule has 0 radical (unpaired) electrons. The van der Waals surface area contributed by atoms with Gasteiger partial charge in [-0.2, -0.15) is 9.37 Å². The van der Waals surface area contributed by atoms with Gasteiger partial charge in [0.05, 0.1) is 11.5 Å². The third kappa shape index (κ3) is 2.71. The second-order valence-corrected chi connectivity index (χ2v) is 4.45. The van der Waals surface area contributed by atoms with Crippen LogP contribution in [0.2, 0.25) is 0 Å². The highest BCUT2D eigenvalue weighted by Crippen LogP contribution is 2.18. The van der Waals surface area contributed by atoms with Crippen molar-refractivity contribution in [2.45, 2.75) is 20.4 Å². The molecule has 0 aliphatic carbocycles. The SMILES string of the molecule is Cc1cc(C)n(Cc2ccc([N+](=O)[O-])c(F)c2)c(=O)n1. The number of rotatable bonds is 3. The smallest absolute Gasteiger partial charge is 0.292 e. The highest BCUT2D eigenvalue weighted by Gasteiger charge is 2.14. The van der Waals surface area contributed by atoms with Crippen molar-refractivity contribution in [3.8, 4) is 0 Å². The van der Waals surface area contributed by atoms with Gasteiger partial charge in [0.25, 0.3) is 0 Å². The molecular weight excluding hydrogens is 265 g/mol. The summed E-state index contributed by atoms with van der Waals surface area (Å²) in [4.78, 5) is 25.3. The van der Waals surface area contributed by atoms with E-state index in [9.17, 15) is 19.3 Å². The summed E-state index contributed by atoms with van der Waals surface area (Å²) in [7, 11) is 0. The number of aryl methyl sites for hydroxylation is 2. The molecular formula is C13H12FN3O3. The molecule has 20 heavy (non-hydrogen) atoms. The topological polar surface area (TPSA) is 78.0 Å². The summed E-state index contributed by atoms with van der Waals surface area (Å²) >= 11 is 0. The van der Waals surface area contributed by atoms with Crippen LogP contribution in [0.1, 0.15) is 17.0 Å². The zero-order valence-electron chi connectivity index (χ0n) is 11.0. The molecule has 0 bridgehead atoms. The number of hydrogen-bond acceptors (Lipinski definition) is 4. The fourth-order valence-electron chi connectivity index (χ4n) is 1.95. The number of hydrogen-bond donors (Lipinski definition) is 0. The lowest BCUT2D eigenvalue weighted by Gasteiger charge is -2.09. The first-order valence-electron chi connectivity index (χ1n) is 5.86. The Morgan fingerprint density at radius 3 is 2.60 bits per heavy atom. The largest absolute Gasteiger partial charge is 0.348 e. The van der Waals surface area contributed by atoms with Crippen molar-refractivity contribution in [3.05, 3.63) is 67.6 Å². The van der Waals surface area contributed by atoms with Gasteiger partial charge >= 0.3 is 11.4 Å². The summed E-state index contributed by atoms with van der Waals surface area (Å²) < 4.78 is 14.9. The third-order valence-electron chi connectivity index (χ3n) is 2.90. The summed E-state index contributed by atoms with van der Waals surface area (Å²) in [5.74, 6) is -0.918. The zero-order chi connectivity index (χ0) is 14.9. The lowest BCUT2D eigenvalue weighted by Crippen LogP contribution is -2.26. The number of benzene rings is 1. The molecule has 0 fully saturated rings. The Balaban J connectivity index is 2.39. The van der Waals surface area contributed by atoms with Gasteiger partial charge in [-0.05, 0) is 31.5 Å². The Bertz CT molecular complexity index is 740. The number of nitro benzene ring substituents is 1. The van der Waals surface area contributed by atoms with Crippen LogP contribution < -0.4 is 5.69 Å². The molecule has 0 saturated carbocycles. The van der Waals surface area contributed by atoms with Gasteiger partial charge in [-0.15, -0.1) is 0 Å². The molecule has 2 aromatic rings. The van der Waals surface area contributed by atoms with Gasteiger partial charge in [0, 0.05) is 17.5 Å². The quantitative estimate of drug-likeness (QED) is 0.634. The molecule has 0 aliphatic rings. The van der Waals surface area contributed by atoms with Gasteiger partial charge in [-0.25, -0.2) is 4.79 Å². The van der Waals surface area contributed by atoms with E-state index in [4.69, 9.17) is 0 Å². The molecule has 0 spiro atoms. The molecule has 0 saturated heterocycles. The molecule has 6 nitrogen and oxygen atoms in total. The van der Waals surface area contributed by atoms with E-state index in [1.807, 2.05) is 0 Å². The van der Waals surface area contributed by atoms with Crippen LogP contribution in [0, 0.1) is 29.8 Å². The molecule has 0 unspecified atom stereocenters. The summed E-state index contributed by atoms with van der Waals surface area (Å²) in [5.41, 5.74) is 0.755. The standard InChI is InChI=1S/C13H12FN3O3/c1-8-5-9(2)16(13(18)15-8)7-10-3-4-12(17(19)20)11(14)6-10/h3-6H,7H2,1-2H3. The van der Waals surface area contributed by atoms with Crippen LogP contribution in [0.5, 0.6) is 0 Å². The van der Waals surface area contributed by atoms with E-state index in [0.29, 0.717) is 17.0 Å². The molecule has 1 aromatic carbocycles. The molecule has 1 heterocycles. The number of aromatic nitrogens is 2. The maximum absolute atomic E-state index is 13.5. The summed E-state index contributed by atoms with van der Waals surface area (Å²) in [6.45, 7) is 3.58. The van der Waals surface area contributed by atoms with E-state index >= 15 is 0 Å². The Hall–Kier alpha value is -2.57. The van der Waals surface area contributed by atoms with Crippen LogP contribution in [0.4, 0.5) is 10.1 Å². The van der Waals surface area contributed by atoms with Crippen molar-refractivity contribution < 1.29 is 9.31 Å². The van der Waals surface area contributed by atoms with Crippen LogP contribution >= 0.6 is 0 Å². The number of nitro groups is 1. The van der Waals surface area contributed by atoms with E-state index in [-0.39, 0.29) is 6.54 Å². The lowest BCUT2D eigenvalue weighted by molar-refractivity contribution is -0.387. The first-order chi connectivity index (χ1) is 9.38. The van der Waals surface area contributed by atoms with Crippen molar-refractivity contribution in [2.24, 2.45) is 0 Å². The van der Waals surface area contributed by atoms with E-state index in [0.717, 1.165) is 12.1 Å². The van der Waals surface area contributed by atoms with E-state index in [1.54, 1.807) is 19.9 Å². The highest BCUT2D eigenvalue weighted by atomic mass is 19.1. The maximum Gasteiger partial charge on any atom is 0.348 e. The van der Waals surface area contributed by atoms with E-state index in [2.05, 4.69) is 4.98 Å². The maximum atomic E-state index is 13.5. The van der Waals surface area contributed by atoms with Crippen molar-refractivity contribution in [1.29, 1.82) is 0 Å². The molecule has 104 valence electrons.